The first-order chi connectivity index (χ1) is 23.6. The van der Waals surface area contributed by atoms with Gasteiger partial charge in [-0.3, -0.25) is 0 Å². The Kier molecular flexibility index (Phi) is 10.6. The lowest BCUT2D eigenvalue weighted by atomic mass is 9.74. The van der Waals surface area contributed by atoms with Crippen molar-refractivity contribution in [1.82, 2.24) is 4.90 Å². The molecule has 2 aromatic carbocycles. The van der Waals surface area contributed by atoms with Crippen molar-refractivity contribution in [3.63, 3.8) is 0 Å². The van der Waals surface area contributed by atoms with E-state index >= 15 is 0 Å². The van der Waals surface area contributed by atoms with Crippen LogP contribution in [0.3, 0.4) is 0 Å². The van der Waals surface area contributed by atoms with Gasteiger partial charge in [-0.1, -0.05) is 50.2 Å². The second kappa shape index (κ2) is 14.4. The first-order valence-corrected chi connectivity index (χ1v) is 18.1. The molecule has 0 fully saturated rings. The predicted molar refractivity (Wildman–Crippen MR) is 205 cm³/mol. The fraction of sp³-hybridized carbons (Fsp3) is 0.465. The van der Waals surface area contributed by atoms with E-state index in [0.717, 1.165) is 74.2 Å². The molecule has 2 heterocycles. The molecule has 0 spiro atoms. The molecule has 0 unspecified atom stereocenters. The lowest BCUT2D eigenvalue weighted by Crippen LogP contribution is -2.36. The zero-order valence-electron chi connectivity index (χ0n) is 31.8. The number of anilines is 1. The molecule has 2 aliphatic heterocycles. The summed E-state index contributed by atoms with van der Waals surface area (Å²) >= 11 is 0. The zero-order chi connectivity index (χ0) is 36.4. The minimum Gasteiger partial charge on any atom is -0.507 e. The van der Waals surface area contributed by atoms with E-state index in [1.54, 1.807) is 0 Å². The summed E-state index contributed by atoms with van der Waals surface area (Å²) < 4.78 is 3.31. The Morgan fingerprint density at radius 1 is 0.860 bits per heavy atom. The van der Waals surface area contributed by atoms with Crippen molar-refractivity contribution in [2.24, 2.45) is 0 Å². The highest BCUT2D eigenvalue weighted by atomic mass is 16.3. The van der Waals surface area contributed by atoms with E-state index in [-0.39, 0.29) is 22.2 Å². The summed E-state index contributed by atoms with van der Waals surface area (Å²) in [6.45, 7) is 12.7. The fourth-order valence-electron chi connectivity index (χ4n) is 7.84. The summed E-state index contributed by atoms with van der Waals surface area (Å²) in [4.78, 5) is 4.61. The molecular weight excluding hydrogens is 617 g/mol. The van der Waals surface area contributed by atoms with Crippen LogP contribution in [0.25, 0.3) is 0 Å². The first kappa shape index (κ1) is 36.8. The molecule has 262 valence electrons. The summed E-state index contributed by atoms with van der Waals surface area (Å²) in [7, 11) is 10.9. The van der Waals surface area contributed by atoms with Crippen molar-refractivity contribution in [1.29, 1.82) is 10.5 Å². The molecule has 3 aliphatic rings. The number of rotatable bonds is 13. The van der Waals surface area contributed by atoms with Crippen LogP contribution >= 0.6 is 0 Å². The average Bonchev–Trinajstić information content (AvgIpc) is 3.41. The third kappa shape index (κ3) is 7.08. The Morgan fingerprint density at radius 2 is 1.52 bits per heavy atom. The number of unbranched alkanes of at least 4 members (excludes halogenated alkanes) is 3. The lowest BCUT2D eigenvalue weighted by Gasteiger charge is -2.31. The van der Waals surface area contributed by atoms with Crippen molar-refractivity contribution in [3.8, 4) is 12.1 Å². The van der Waals surface area contributed by atoms with E-state index in [1.807, 2.05) is 12.2 Å². The predicted octanol–water partition coefficient (Wildman–Crippen LogP) is 8.06. The van der Waals surface area contributed by atoms with Gasteiger partial charge in [0.2, 0.25) is 5.69 Å². The highest BCUT2D eigenvalue weighted by Crippen LogP contribution is 2.51. The molecule has 0 aromatic heterocycles. The van der Waals surface area contributed by atoms with Crippen LogP contribution in [0, 0.1) is 22.7 Å². The van der Waals surface area contributed by atoms with Gasteiger partial charge in [-0.15, -0.1) is 0 Å². The summed E-state index contributed by atoms with van der Waals surface area (Å²) in [5, 5.41) is 32.3. The molecule has 1 N–H and O–H groups in total. The fourth-order valence-corrected chi connectivity index (χ4v) is 7.84. The van der Waals surface area contributed by atoms with Crippen molar-refractivity contribution in [3.05, 3.63) is 106 Å². The molecular formula is C43H56N6O+2. The van der Waals surface area contributed by atoms with E-state index in [9.17, 15) is 15.6 Å². The molecule has 0 saturated heterocycles. The van der Waals surface area contributed by atoms with Crippen LogP contribution in [-0.4, -0.2) is 86.2 Å². The number of fused-ring (bicyclic) bond motifs is 2. The number of hydrogen-bond acceptors (Lipinski definition) is 5. The maximum absolute atomic E-state index is 11.9. The van der Waals surface area contributed by atoms with Gasteiger partial charge in [-0.2, -0.15) is 15.1 Å². The maximum atomic E-state index is 11.9. The normalized spacial score (nSPS) is 19.2. The topological polar surface area (TPSA) is 77.3 Å². The van der Waals surface area contributed by atoms with Crippen molar-refractivity contribution in [2.45, 2.75) is 70.6 Å². The molecule has 1 aliphatic carbocycles. The summed E-state index contributed by atoms with van der Waals surface area (Å²) in [5.74, 6) is 0.137. The Balaban J connectivity index is 1.59. The lowest BCUT2D eigenvalue weighted by molar-refractivity contribution is -0.870. The first-order valence-electron chi connectivity index (χ1n) is 18.1. The number of benzene rings is 2. The molecule has 0 saturated carbocycles. The smallest absolute Gasteiger partial charge is 0.209 e. The maximum Gasteiger partial charge on any atom is 0.209 e. The molecule has 2 aromatic rings. The van der Waals surface area contributed by atoms with Crippen LogP contribution in [0.2, 0.25) is 0 Å². The number of quaternary nitrogens is 1. The minimum atomic E-state index is -0.332. The molecule has 7 heteroatoms. The van der Waals surface area contributed by atoms with Gasteiger partial charge >= 0.3 is 0 Å². The van der Waals surface area contributed by atoms with E-state index in [0.29, 0.717) is 16.7 Å². The van der Waals surface area contributed by atoms with Crippen LogP contribution in [-0.2, 0) is 10.8 Å². The molecule has 0 amide bonds. The zero-order valence-corrected chi connectivity index (χ0v) is 31.8. The van der Waals surface area contributed by atoms with Crippen molar-refractivity contribution in [2.75, 3.05) is 66.3 Å². The van der Waals surface area contributed by atoms with Crippen molar-refractivity contribution < 1.29 is 14.2 Å². The van der Waals surface area contributed by atoms with Gasteiger partial charge in [-0.05, 0) is 77.9 Å². The van der Waals surface area contributed by atoms with Gasteiger partial charge in [0.1, 0.15) is 30.0 Å². The highest BCUT2D eigenvalue weighted by molar-refractivity contribution is 6.05. The van der Waals surface area contributed by atoms with Gasteiger partial charge in [0, 0.05) is 64.2 Å². The Labute approximate surface area is 300 Å². The summed E-state index contributed by atoms with van der Waals surface area (Å²) in [6.07, 6.45) is 9.49. The molecule has 0 atom stereocenters. The van der Waals surface area contributed by atoms with Crippen LogP contribution in [0.5, 0.6) is 0 Å². The Bertz CT molecular complexity index is 1860. The third-order valence-corrected chi connectivity index (χ3v) is 10.6. The Morgan fingerprint density at radius 3 is 2.18 bits per heavy atom. The van der Waals surface area contributed by atoms with Gasteiger partial charge in [-0.25, -0.2) is 0 Å². The van der Waals surface area contributed by atoms with Gasteiger partial charge < -0.3 is 19.4 Å². The standard InChI is InChI=1S/C43H55N6O/c1-42(2)34-19-11-13-21-36(34)47(24-16-10-15-23-46(5)6)38(42)27-32-40(31(29-44)30-45)33(41(32)50)28-39-43(3,4)35-20-12-14-22-37(35)48(39)25-17-18-26-49(7,8)9/h11-14,19-22,27-28H,10,15-18,23-26H2,1-9H3/q+1/p+1. The summed E-state index contributed by atoms with van der Waals surface area (Å²) in [5.41, 5.74) is 7.98. The number of aliphatic hydroxyl groups excluding tert-OH is 1. The molecule has 0 bridgehead atoms. The number of hydrogen-bond donors (Lipinski definition) is 1. The molecule has 0 radical (unpaired) electrons. The minimum absolute atomic E-state index is 0.0212. The van der Waals surface area contributed by atoms with Gasteiger partial charge in [0.25, 0.3) is 0 Å². The van der Waals surface area contributed by atoms with E-state index in [2.05, 4.69) is 138 Å². The molecule has 5 rings (SSSR count). The van der Waals surface area contributed by atoms with Crippen LogP contribution in [0.1, 0.15) is 70.9 Å². The van der Waals surface area contributed by atoms with E-state index < -0.39 is 0 Å². The second-order valence-electron chi connectivity index (χ2n) is 16.4. The van der Waals surface area contributed by atoms with E-state index in [4.69, 9.17) is 0 Å². The third-order valence-electron chi connectivity index (χ3n) is 10.6. The van der Waals surface area contributed by atoms with Gasteiger partial charge in [0.15, 0.2) is 5.71 Å². The quantitative estimate of drug-likeness (QED) is 0.101. The van der Waals surface area contributed by atoms with E-state index in [1.165, 1.54) is 22.5 Å². The SMILES string of the molecule is CN(C)CCCCC[N+]1=C(/C=C2C(O)=C(/C=C3\N(CCCC[N+](C)(C)C)c4ccccc4C3(C)C)C\2=C(C#N)C#N)C(C)(C)c2ccccc21. The number of nitriles is 2. The van der Waals surface area contributed by atoms with Crippen LogP contribution in [0.15, 0.2) is 94.4 Å². The molecule has 7 nitrogen and oxygen atoms in total. The number of nitrogens with zero attached hydrogens (tertiary/aromatic N) is 6. The largest absolute Gasteiger partial charge is 0.507 e. The summed E-state index contributed by atoms with van der Waals surface area (Å²) in [6, 6.07) is 21.4. The monoisotopic (exact) mass is 672 g/mol. The Hall–Kier alpha value is -4.43. The van der Waals surface area contributed by atoms with Crippen LogP contribution in [0.4, 0.5) is 11.4 Å². The molecule has 50 heavy (non-hydrogen) atoms. The number of allylic oxidation sites excluding steroid dienone is 6. The second-order valence-corrected chi connectivity index (χ2v) is 16.4. The van der Waals surface area contributed by atoms with Gasteiger partial charge in [0.05, 0.1) is 33.1 Å². The van der Waals surface area contributed by atoms with Crippen LogP contribution < -0.4 is 4.90 Å². The van der Waals surface area contributed by atoms with Crippen molar-refractivity contribution >= 4 is 17.1 Å². The average molecular weight is 673 g/mol. The number of para-hydroxylation sites is 2. The highest BCUT2D eigenvalue weighted by Gasteiger charge is 2.47. The number of aliphatic hydroxyl groups is 1.